The molecule has 0 aliphatic rings. The van der Waals surface area contributed by atoms with Crippen molar-refractivity contribution >= 4 is 44.3 Å². The Hall–Kier alpha value is -3.77. The van der Waals surface area contributed by atoms with Crippen LogP contribution in [0.4, 0.5) is 22.0 Å². The fourth-order valence-electron chi connectivity index (χ4n) is 2.89. The number of halogens is 2. The Morgan fingerprint density at radius 2 is 1.87 bits per heavy atom. The summed E-state index contributed by atoms with van der Waals surface area (Å²) in [5, 5.41) is 16.8. The first-order valence-electron chi connectivity index (χ1n) is 9.39. The second-order valence-electron chi connectivity index (χ2n) is 6.43. The number of fused-ring (bicyclic) bond motifs is 1. The van der Waals surface area contributed by atoms with Gasteiger partial charge in [0.1, 0.15) is 11.6 Å². The molecule has 0 saturated carbocycles. The fourth-order valence-corrected chi connectivity index (χ4v) is 3.47. The largest absolute Gasteiger partial charge is 0.423 e. The smallest absolute Gasteiger partial charge is 0.328 e. The molecular formula is C22H16BrFN6O. The lowest BCUT2D eigenvalue weighted by molar-refractivity contribution is 0.439. The van der Waals surface area contributed by atoms with Crippen LogP contribution in [-0.2, 0) is 0 Å². The lowest BCUT2D eigenvalue weighted by Crippen LogP contribution is -2.08. The van der Waals surface area contributed by atoms with Crippen molar-refractivity contribution in [1.29, 1.82) is 5.26 Å². The van der Waals surface area contributed by atoms with Crippen molar-refractivity contribution in [3.63, 3.8) is 0 Å². The first kappa shape index (κ1) is 20.5. The SMILES string of the molecule is CCNc1nc(Nc2ccc(C#N)cc2F)nc(Oc2ccc3ccccc3c2Br)n1. The Morgan fingerprint density at radius 3 is 2.65 bits per heavy atom. The van der Waals surface area contributed by atoms with Gasteiger partial charge in [-0.25, -0.2) is 4.39 Å². The van der Waals surface area contributed by atoms with Crippen molar-refractivity contribution in [3.8, 4) is 17.8 Å². The molecule has 1 aromatic heterocycles. The summed E-state index contributed by atoms with van der Waals surface area (Å²) in [6, 6.07) is 17.7. The standard InChI is InChI=1S/C22H16BrFN6O/c1-2-26-20-28-21(27-17-9-7-13(12-25)11-16(17)24)30-22(29-20)31-18-10-8-14-5-3-4-6-15(14)19(18)23/h3-11H,2H2,1H3,(H2,26,27,28,29,30). The van der Waals surface area contributed by atoms with Gasteiger partial charge < -0.3 is 15.4 Å². The van der Waals surface area contributed by atoms with Crippen LogP contribution in [0.5, 0.6) is 11.8 Å². The zero-order chi connectivity index (χ0) is 21.8. The predicted molar refractivity (Wildman–Crippen MR) is 120 cm³/mol. The number of anilines is 3. The Labute approximate surface area is 186 Å². The van der Waals surface area contributed by atoms with Gasteiger partial charge >= 0.3 is 6.01 Å². The van der Waals surface area contributed by atoms with Crippen LogP contribution in [0.1, 0.15) is 12.5 Å². The first-order valence-corrected chi connectivity index (χ1v) is 10.2. The third-order valence-electron chi connectivity index (χ3n) is 4.32. The molecule has 0 bridgehead atoms. The molecule has 3 aromatic carbocycles. The molecule has 0 amide bonds. The normalized spacial score (nSPS) is 10.5. The molecule has 154 valence electrons. The van der Waals surface area contributed by atoms with Gasteiger partial charge in [-0.1, -0.05) is 30.3 Å². The molecule has 1 heterocycles. The topological polar surface area (TPSA) is 95.8 Å². The van der Waals surface area contributed by atoms with Crippen molar-refractivity contribution in [2.45, 2.75) is 6.92 Å². The summed E-state index contributed by atoms with van der Waals surface area (Å²) < 4.78 is 21.0. The molecule has 0 aliphatic heterocycles. The van der Waals surface area contributed by atoms with Crippen LogP contribution in [-0.4, -0.2) is 21.5 Å². The number of rotatable bonds is 6. The van der Waals surface area contributed by atoms with E-state index < -0.39 is 5.82 Å². The molecular weight excluding hydrogens is 463 g/mol. The maximum Gasteiger partial charge on any atom is 0.328 e. The highest BCUT2D eigenvalue weighted by Crippen LogP contribution is 2.35. The molecule has 0 fully saturated rings. The molecule has 0 radical (unpaired) electrons. The second-order valence-corrected chi connectivity index (χ2v) is 7.22. The minimum atomic E-state index is -0.593. The van der Waals surface area contributed by atoms with E-state index in [4.69, 9.17) is 10.00 Å². The highest BCUT2D eigenvalue weighted by atomic mass is 79.9. The number of hydrogen-bond donors (Lipinski definition) is 2. The second kappa shape index (κ2) is 8.93. The fraction of sp³-hybridized carbons (Fsp3) is 0.0909. The number of nitrogens with zero attached hydrogens (tertiary/aromatic N) is 4. The van der Waals surface area contributed by atoms with E-state index in [1.807, 2.05) is 49.4 Å². The molecule has 9 heteroatoms. The van der Waals surface area contributed by atoms with Crippen LogP contribution in [0.15, 0.2) is 59.1 Å². The van der Waals surface area contributed by atoms with Gasteiger partial charge in [-0.2, -0.15) is 20.2 Å². The van der Waals surface area contributed by atoms with E-state index in [1.165, 1.54) is 12.1 Å². The summed E-state index contributed by atoms with van der Waals surface area (Å²) in [5.41, 5.74) is 0.350. The lowest BCUT2D eigenvalue weighted by atomic mass is 10.1. The summed E-state index contributed by atoms with van der Waals surface area (Å²) in [6.07, 6.45) is 0. The van der Waals surface area contributed by atoms with E-state index >= 15 is 0 Å². The molecule has 0 aliphatic carbocycles. The summed E-state index contributed by atoms with van der Waals surface area (Å²) in [5.74, 6) is 0.314. The van der Waals surface area contributed by atoms with Crippen LogP contribution < -0.4 is 15.4 Å². The molecule has 0 saturated heterocycles. The summed E-state index contributed by atoms with van der Waals surface area (Å²) in [4.78, 5) is 12.8. The van der Waals surface area contributed by atoms with Gasteiger partial charge in [0.05, 0.1) is 21.8 Å². The minimum Gasteiger partial charge on any atom is -0.423 e. The van der Waals surface area contributed by atoms with Gasteiger partial charge in [0.15, 0.2) is 0 Å². The average molecular weight is 479 g/mol. The highest BCUT2D eigenvalue weighted by Gasteiger charge is 2.13. The van der Waals surface area contributed by atoms with Crippen LogP contribution in [0.3, 0.4) is 0 Å². The number of aromatic nitrogens is 3. The van der Waals surface area contributed by atoms with E-state index in [-0.39, 0.29) is 29.2 Å². The number of nitriles is 1. The zero-order valence-electron chi connectivity index (χ0n) is 16.4. The monoisotopic (exact) mass is 478 g/mol. The molecule has 4 rings (SSSR count). The molecule has 0 spiro atoms. The van der Waals surface area contributed by atoms with Crippen molar-refractivity contribution in [2.24, 2.45) is 0 Å². The van der Waals surface area contributed by atoms with Gasteiger partial charge in [0.25, 0.3) is 0 Å². The predicted octanol–water partition coefficient (Wildman–Crippen LogP) is 5.77. The van der Waals surface area contributed by atoms with Gasteiger partial charge in [-0.3, -0.25) is 0 Å². The van der Waals surface area contributed by atoms with Crippen molar-refractivity contribution in [3.05, 3.63) is 70.5 Å². The number of ether oxygens (including phenoxy) is 1. The van der Waals surface area contributed by atoms with Crippen LogP contribution in [0.25, 0.3) is 10.8 Å². The van der Waals surface area contributed by atoms with Crippen LogP contribution in [0.2, 0.25) is 0 Å². The zero-order valence-corrected chi connectivity index (χ0v) is 17.9. The number of benzene rings is 3. The van der Waals surface area contributed by atoms with E-state index in [0.717, 1.165) is 21.3 Å². The Kier molecular flexibility index (Phi) is 5.91. The molecule has 0 unspecified atom stereocenters. The van der Waals surface area contributed by atoms with Gasteiger partial charge in [0, 0.05) is 6.54 Å². The van der Waals surface area contributed by atoms with Gasteiger partial charge in [-0.15, -0.1) is 0 Å². The van der Waals surface area contributed by atoms with Crippen LogP contribution in [0, 0.1) is 17.1 Å². The van der Waals surface area contributed by atoms with Crippen molar-refractivity contribution in [1.82, 2.24) is 15.0 Å². The van der Waals surface area contributed by atoms with E-state index in [2.05, 4.69) is 41.5 Å². The molecule has 4 aromatic rings. The molecule has 2 N–H and O–H groups in total. The quantitative estimate of drug-likeness (QED) is 0.363. The van der Waals surface area contributed by atoms with Gasteiger partial charge in [0.2, 0.25) is 11.9 Å². The summed E-state index contributed by atoms with van der Waals surface area (Å²) in [6.45, 7) is 2.48. The number of hydrogen-bond acceptors (Lipinski definition) is 7. The first-order chi connectivity index (χ1) is 15.1. The Balaban J connectivity index is 1.68. The minimum absolute atomic E-state index is 0.0403. The molecule has 31 heavy (non-hydrogen) atoms. The summed E-state index contributed by atoms with van der Waals surface area (Å²) >= 11 is 3.58. The Bertz CT molecular complexity index is 1310. The van der Waals surface area contributed by atoms with Crippen LogP contribution >= 0.6 is 15.9 Å². The maximum absolute atomic E-state index is 14.3. The van der Waals surface area contributed by atoms with E-state index in [9.17, 15) is 4.39 Å². The van der Waals surface area contributed by atoms with E-state index in [1.54, 1.807) is 0 Å². The van der Waals surface area contributed by atoms with Crippen molar-refractivity contribution < 1.29 is 9.13 Å². The van der Waals surface area contributed by atoms with Crippen molar-refractivity contribution in [2.75, 3.05) is 17.2 Å². The average Bonchev–Trinajstić information content (AvgIpc) is 2.77. The van der Waals surface area contributed by atoms with Gasteiger partial charge in [-0.05, 0) is 57.9 Å². The molecule has 7 nitrogen and oxygen atoms in total. The lowest BCUT2D eigenvalue weighted by Gasteiger charge is -2.12. The maximum atomic E-state index is 14.3. The summed E-state index contributed by atoms with van der Waals surface area (Å²) in [7, 11) is 0. The highest BCUT2D eigenvalue weighted by molar-refractivity contribution is 9.10. The third kappa shape index (κ3) is 4.54. The number of nitrogens with one attached hydrogen (secondary N) is 2. The Morgan fingerprint density at radius 1 is 1.06 bits per heavy atom. The third-order valence-corrected chi connectivity index (χ3v) is 5.14. The molecule has 0 atom stereocenters. The van der Waals surface area contributed by atoms with E-state index in [0.29, 0.717) is 12.3 Å².